The molecule has 2 N–H and O–H groups in total. The third kappa shape index (κ3) is 6.28. The van der Waals surface area contributed by atoms with Crippen LogP contribution in [0.5, 0.6) is 11.5 Å². The van der Waals surface area contributed by atoms with E-state index in [0.29, 0.717) is 54.2 Å². The van der Waals surface area contributed by atoms with Crippen molar-refractivity contribution in [3.63, 3.8) is 0 Å². The van der Waals surface area contributed by atoms with Gasteiger partial charge in [-0.2, -0.15) is 5.26 Å². The van der Waals surface area contributed by atoms with Gasteiger partial charge in [-0.3, -0.25) is 23.7 Å². The van der Waals surface area contributed by atoms with Crippen LogP contribution < -0.4 is 16.2 Å². The first kappa shape index (κ1) is 33.5. The maximum absolute atomic E-state index is 14.3. The number of piperidine rings is 1. The van der Waals surface area contributed by atoms with Gasteiger partial charge in [-0.25, -0.2) is 9.78 Å². The van der Waals surface area contributed by atoms with Crippen LogP contribution in [0.25, 0.3) is 16.7 Å². The highest BCUT2D eigenvalue weighted by atomic mass is 16.5. The van der Waals surface area contributed by atoms with Crippen molar-refractivity contribution in [3.8, 4) is 23.3 Å². The largest absolute Gasteiger partial charge is 0.457 e. The van der Waals surface area contributed by atoms with E-state index in [1.807, 2.05) is 60.7 Å². The fourth-order valence-corrected chi connectivity index (χ4v) is 7.58. The molecule has 50 heavy (non-hydrogen) atoms. The number of carbonyl (C=O) groups is 1. The number of aromatic nitrogens is 3. The van der Waals surface area contributed by atoms with Crippen LogP contribution in [0.1, 0.15) is 39.7 Å². The van der Waals surface area contributed by atoms with Crippen LogP contribution in [0.2, 0.25) is 0 Å². The zero-order chi connectivity index (χ0) is 35.0. The molecule has 1 unspecified atom stereocenters. The molecule has 1 atom stereocenters. The van der Waals surface area contributed by atoms with Crippen LogP contribution >= 0.6 is 0 Å². The molecule has 1 amide bonds. The zero-order valence-electron chi connectivity index (χ0n) is 28.9. The number of benzene rings is 2. The van der Waals surface area contributed by atoms with Crippen LogP contribution in [-0.2, 0) is 9.53 Å². The number of likely N-dealkylation sites (tertiary alicyclic amines) is 1. The minimum atomic E-state index is -0.490. The highest BCUT2D eigenvalue weighted by Crippen LogP contribution is 2.31. The van der Waals surface area contributed by atoms with Crippen molar-refractivity contribution in [1.29, 1.82) is 5.26 Å². The topological polar surface area (TPSA) is 135 Å². The second-order valence-corrected chi connectivity index (χ2v) is 14.3. The Morgan fingerprint density at radius 2 is 1.74 bits per heavy atom. The summed E-state index contributed by atoms with van der Waals surface area (Å²) in [5.41, 5.74) is 7.64. The summed E-state index contributed by atoms with van der Waals surface area (Å²) in [6, 6.07) is 20.4. The number of rotatable bonds is 8. The molecule has 12 nitrogen and oxygen atoms in total. The molecule has 0 spiro atoms. The van der Waals surface area contributed by atoms with Gasteiger partial charge in [-0.15, -0.1) is 0 Å². The lowest BCUT2D eigenvalue weighted by Crippen LogP contribution is -2.66. The molecule has 2 aromatic heterocycles. The number of para-hydroxylation sites is 1. The van der Waals surface area contributed by atoms with Crippen molar-refractivity contribution in [2.45, 2.75) is 50.7 Å². The number of ether oxygens (including phenoxy) is 2. The molecular formula is C38H44N8O4. The molecule has 3 saturated heterocycles. The standard InChI is InChI=1S/C38H44N8O4/c1-37(2,43-18-20-44(21-19-43)38(3)25-49-26-38)22-27(23-39)35(47)42-17-7-8-29(24-42)45-32-15-16-41-34(40)33(32)46(36(45)48)28-11-13-31(14-12-28)50-30-9-5-4-6-10-30/h4-6,9-16,22,29H,7-8,17-21,24-26H2,1-3H3,(H2,40,41). The number of pyridine rings is 1. The Balaban J connectivity index is 1.12. The first-order chi connectivity index (χ1) is 24.1. The summed E-state index contributed by atoms with van der Waals surface area (Å²) in [7, 11) is 0. The Kier molecular flexibility index (Phi) is 8.98. The van der Waals surface area contributed by atoms with Crippen LogP contribution in [-0.4, -0.2) is 98.3 Å². The van der Waals surface area contributed by atoms with Gasteiger partial charge in [0.15, 0.2) is 0 Å². The molecule has 260 valence electrons. The molecule has 12 heteroatoms. The Hall–Kier alpha value is -4.96. The van der Waals surface area contributed by atoms with Crippen LogP contribution in [0.4, 0.5) is 5.82 Å². The smallest absolute Gasteiger partial charge is 0.334 e. The fraction of sp³-hybridized carbons (Fsp3) is 0.421. The molecule has 7 rings (SSSR count). The SMILES string of the molecule is CC(C)(C=C(C#N)C(=O)N1CCCC(n2c(=O)n(-c3ccc(Oc4ccccc4)cc3)c3c(N)nccc32)C1)N1CCN(C2(C)COC2)CC1. The molecule has 2 aromatic carbocycles. The predicted octanol–water partition coefficient (Wildman–Crippen LogP) is 4.36. The van der Waals surface area contributed by atoms with Gasteiger partial charge in [0.05, 0.1) is 36.0 Å². The Labute approximate surface area is 291 Å². The molecule has 0 aliphatic carbocycles. The van der Waals surface area contributed by atoms with Gasteiger partial charge in [0.2, 0.25) is 0 Å². The van der Waals surface area contributed by atoms with E-state index in [4.69, 9.17) is 15.2 Å². The average Bonchev–Trinajstić information content (AvgIpc) is 3.42. The highest BCUT2D eigenvalue weighted by molar-refractivity contribution is 5.97. The van der Waals surface area contributed by atoms with Gasteiger partial charge in [-0.1, -0.05) is 18.2 Å². The Morgan fingerprint density at radius 3 is 2.40 bits per heavy atom. The quantitative estimate of drug-likeness (QED) is 0.213. The van der Waals surface area contributed by atoms with E-state index in [1.54, 1.807) is 26.3 Å². The third-order valence-corrected chi connectivity index (χ3v) is 10.5. The van der Waals surface area contributed by atoms with E-state index in [9.17, 15) is 14.9 Å². The van der Waals surface area contributed by atoms with Gasteiger partial charge >= 0.3 is 5.69 Å². The lowest BCUT2D eigenvalue weighted by molar-refractivity contribution is -0.142. The lowest BCUT2D eigenvalue weighted by Gasteiger charge is -2.52. The second kappa shape index (κ2) is 13.4. The number of nitrogens with two attached hydrogens (primary N) is 1. The first-order valence-corrected chi connectivity index (χ1v) is 17.3. The molecule has 3 fully saturated rings. The highest BCUT2D eigenvalue weighted by Gasteiger charge is 2.42. The number of piperazine rings is 1. The van der Waals surface area contributed by atoms with E-state index in [2.05, 4.69) is 41.6 Å². The predicted molar refractivity (Wildman–Crippen MR) is 191 cm³/mol. The monoisotopic (exact) mass is 676 g/mol. The number of hydrogen-bond donors (Lipinski definition) is 1. The summed E-state index contributed by atoms with van der Waals surface area (Å²) < 4.78 is 14.7. The molecule has 5 heterocycles. The van der Waals surface area contributed by atoms with Gasteiger partial charge < -0.3 is 20.1 Å². The number of hydrogen-bond acceptors (Lipinski definition) is 9. The number of fused-ring (bicyclic) bond motifs is 1. The maximum atomic E-state index is 14.3. The summed E-state index contributed by atoms with van der Waals surface area (Å²) in [6.45, 7) is 12.2. The van der Waals surface area contributed by atoms with Gasteiger partial charge in [0.1, 0.15) is 34.5 Å². The number of carbonyl (C=O) groups excluding carboxylic acids is 1. The summed E-state index contributed by atoms with van der Waals surface area (Å²) in [5, 5.41) is 10.2. The number of imidazole rings is 1. The van der Waals surface area contributed by atoms with Crippen molar-refractivity contribution in [3.05, 3.63) is 89.0 Å². The fourth-order valence-electron chi connectivity index (χ4n) is 7.58. The third-order valence-electron chi connectivity index (χ3n) is 10.5. The minimum Gasteiger partial charge on any atom is -0.457 e. The van der Waals surface area contributed by atoms with E-state index < -0.39 is 5.54 Å². The normalized spacial score (nSPS) is 20.3. The van der Waals surface area contributed by atoms with E-state index >= 15 is 0 Å². The number of nitriles is 1. The van der Waals surface area contributed by atoms with Crippen LogP contribution in [0.3, 0.4) is 0 Å². The zero-order valence-corrected chi connectivity index (χ0v) is 28.9. The molecular weight excluding hydrogens is 632 g/mol. The van der Waals surface area contributed by atoms with E-state index in [1.165, 1.54) is 0 Å². The second-order valence-electron chi connectivity index (χ2n) is 14.3. The number of nitrogen functional groups attached to an aromatic ring is 1. The minimum absolute atomic E-state index is 0.100. The van der Waals surface area contributed by atoms with Crippen molar-refractivity contribution in [2.75, 3.05) is 58.2 Å². The number of anilines is 1. The van der Waals surface area contributed by atoms with E-state index in [0.717, 1.165) is 39.4 Å². The Morgan fingerprint density at radius 1 is 1.04 bits per heavy atom. The molecule has 0 radical (unpaired) electrons. The van der Waals surface area contributed by atoms with Crippen LogP contribution in [0, 0.1) is 11.3 Å². The molecule has 0 saturated carbocycles. The maximum Gasteiger partial charge on any atom is 0.334 e. The van der Waals surface area contributed by atoms with Gasteiger partial charge in [-0.05, 0) is 82.2 Å². The van der Waals surface area contributed by atoms with E-state index in [-0.39, 0.29) is 34.6 Å². The molecule has 0 bridgehead atoms. The van der Waals surface area contributed by atoms with Crippen molar-refractivity contribution in [1.82, 2.24) is 28.8 Å². The molecule has 3 aliphatic heterocycles. The number of amides is 1. The van der Waals surface area contributed by atoms with Gasteiger partial charge in [0.25, 0.3) is 5.91 Å². The average molecular weight is 677 g/mol. The summed E-state index contributed by atoms with van der Waals surface area (Å²) in [5.74, 6) is 1.27. The molecule has 4 aromatic rings. The summed E-state index contributed by atoms with van der Waals surface area (Å²) in [6.07, 6.45) is 4.80. The lowest BCUT2D eigenvalue weighted by atomic mass is 9.94. The number of nitrogens with zero attached hydrogens (tertiary/aromatic N) is 7. The summed E-state index contributed by atoms with van der Waals surface area (Å²) in [4.78, 5) is 39.1. The first-order valence-electron chi connectivity index (χ1n) is 17.3. The van der Waals surface area contributed by atoms with Crippen molar-refractivity contribution >= 4 is 22.8 Å². The Bertz CT molecular complexity index is 2000. The van der Waals surface area contributed by atoms with Crippen molar-refractivity contribution in [2.24, 2.45) is 0 Å². The molecule has 3 aliphatic rings. The van der Waals surface area contributed by atoms with Crippen molar-refractivity contribution < 1.29 is 14.3 Å². The van der Waals surface area contributed by atoms with Crippen LogP contribution in [0.15, 0.2) is 83.3 Å². The summed E-state index contributed by atoms with van der Waals surface area (Å²) >= 11 is 0. The van der Waals surface area contributed by atoms with Gasteiger partial charge in [0, 0.05) is 51.0 Å².